The Morgan fingerprint density at radius 2 is 1.82 bits per heavy atom. The van der Waals surface area contributed by atoms with Crippen LogP contribution in [0.5, 0.6) is 11.5 Å². The van der Waals surface area contributed by atoms with Crippen molar-refractivity contribution in [1.29, 1.82) is 0 Å². The molecule has 0 saturated heterocycles. The minimum absolute atomic E-state index is 0.0445. The van der Waals surface area contributed by atoms with Crippen LogP contribution < -0.4 is 9.47 Å². The summed E-state index contributed by atoms with van der Waals surface area (Å²) in [5.74, 6) is 1.23. The van der Waals surface area contributed by atoms with E-state index in [1.165, 1.54) is 0 Å². The van der Waals surface area contributed by atoms with Gasteiger partial charge >= 0.3 is 5.97 Å². The number of hydrogen-bond acceptors (Lipinski definition) is 4. The molecule has 2 aromatic rings. The molecular weight excluding hydrogens is 284 g/mol. The molecule has 0 atom stereocenters. The topological polar surface area (TPSA) is 73.6 Å². The molecule has 0 aliphatic heterocycles. The number of carbonyl (C=O) groups is 1. The molecule has 2 rings (SSSR count). The fourth-order valence-electron chi connectivity index (χ4n) is 2.46. The molecule has 1 aromatic carbocycles. The van der Waals surface area contributed by atoms with Crippen molar-refractivity contribution in [3.63, 3.8) is 0 Å². The molecule has 6 nitrogen and oxygen atoms in total. The van der Waals surface area contributed by atoms with Gasteiger partial charge in [-0.2, -0.15) is 0 Å². The Labute approximate surface area is 129 Å². The number of aryl methyl sites for hydroxylation is 1. The normalized spacial score (nSPS) is 11.7. The van der Waals surface area contributed by atoms with Crippen LogP contribution >= 0.6 is 0 Å². The second-order valence-electron chi connectivity index (χ2n) is 6.18. The SMILES string of the molecule is COc1cc2nc(C(C)(C)C)n(CCC(=O)O)c2cc1OC. The smallest absolute Gasteiger partial charge is 0.305 e. The lowest BCUT2D eigenvalue weighted by Crippen LogP contribution is -2.20. The Hall–Kier alpha value is -2.24. The molecule has 1 N–H and O–H groups in total. The number of aromatic nitrogens is 2. The molecule has 0 saturated carbocycles. The van der Waals surface area contributed by atoms with Gasteiger partial charge in [-0.25, -0.2) is 4.98 Å². The zero-order valence-corrected chi connectivity index (χ0v) is 13.6. The fraction of sp³-hybridized carbons (Fsp3) is 0.500. The van der Waals surface area contributed by atoms with E-state index in [9.17, 15) is 4.79 Å². The van der Waals surface area contributed by atoms with E-state index in [0.717, 1.165) is 16.9 Å². The molecule has 1 aromatic heterocycles. The highest BCUT2D eigenvalue weighted by atomic mass is 16.5. The molecule has 6 heteroatoms. The monoisotopic (exact) mass is 306 g/mol. The third-order valence-electron chi connectivity index (χ3n) is 3.47. The van der Waals surface area contributed by atoms with Gasteiger partial charge in [-0.05, 0) is 0 Å². The standard InChI is InChI=1S/C16H22N2O4/c1-16(2,3)15-17-10-8-12(21-4)13(22-5)9-11(10)18(15)7-6-14(19)20/h8-9H,6-7H2,1-5H3,(H,19,20). The van der Waals surface area contributed by atoms with Gasteiger partial charge in [0, 0.05) is 24.1 Å². The molecule has 0 unspecified atom stereocenters. The number of aliphatic carboxylic acids is 1. The average Bonchev–Trinajstić information content (AvgIpc) is 2.81. The number of imidazole rings is 1. The number of fused-ring (bicyclic) bond motifs is 1. The first-order valence-electron chi connectivity index (χ1n) is 7.12. The van der Waals surface area contributed by atoms with Crippen molar-refractivity contribution < 1.29 is 19.4 Å². The number of carboxylic acid groups (broad SMARTS) is 1. The van der Waals surface area contributed by atoms with Crippen molar-refractivity contribution in [3.05, 3.63) is 18.0 Å². The quantitative estimate of drug-likeness (QED) is 0.919. The van der Waals surface area contributed by atoms with Crippen LogP contribution in [0, 0.1) is 0 Å². The van der Waals surface area contributed by atoms with E-state index in [1.807, 2.05) is 16.7 Å². The number of rotatable bonds is 5. The third kappa shape index (κ3) is 3.00. The molecule has 0 amide bonds. The van der Waals surface area contributed by atoms with E-state index in [-0.39, 0.29) is 11.8 Å². The molecule has 0 radical (unpaired) electrons. The Kier molecular flexibility index (Phi) is 4.30. The van der Waals surface area contributed by atoms with Crippen LogP contribution in [0.1, 0.15) is 33.0 Å². The predicted octanol–water partition coefficient (Wildman–Crippen LogP) is 2.83. The van der Waals surface area contributed by atoms with Gasteiger partial charge in [-0.3, -0.25) is 4.79 Å². The highest BCUT2D eigenvalue weighted by Gasteiger charge is 2.24. The van der Waals surface area contributed by atoms with Crippen molar-refractivity contribution in [3.8, 4) is 11.5 Å². The summed E-state index contributed by atoms with van der Waals surface area (Å²) in [6.45, 7) is 6.54. The van der Waals surface area contributed by atoms with E-state index in [4.69, 9.17) is 14.6 Å². The summed E-state index contributed by atoms with van der Waals surface area (Å²) in [5, 5.41) is 8.98. The second-order valence-corrected chi connectivity index (χ2v) is 6.18. The Morgan fingerprint density at radius 1 is 1.23 bits per heavy atom. The van der Waals surface area contributed by atoms with E-state index in [2.05, 4.69) is 25.8 Å². The van der Waals surface area contributed by atoms with Crippen molar-refractivity contribution >= 4 is 17.0 Å². The maximum Gasteiger partial charge on any atom is 0.305 e. The number of benzene rings is 1. The van der Waals surface area contributed by atoms with Gasteiger partial charge in [0.25, 0.3) is 0 Å². The summed E-state index contributed by atoms with van der Waals surface area (Å²) in [7, 11) is 3.15. The summed E-state index contributed by atoms with van der Waals surface area (Å²) in [6.07, 6.45) is 0.0445. The summed E-state index contributed by atoms with van der Waals surface area (Å²) in [6, 6.07) is 3.67. The molecule has 0 fully saturated rings. The second kappa shape index (κ2) is 5.87. The van der Waals surface area contributed by atoms with Crippen molar-refractivity contribution in [2.45, 2.75) is 39.2 Å². The fourth-order valence-corrected chi connectivity index (χ4v) is 2.46. The van der Waals surface area contributed by atoms with Gasteiger partial charge in [0.15, 0.2) is 11.5 Å². The largest absolute Gasteiger partial charge is 0.493 e. The average molecular weight is 306 g/mol. The van der Waals surface area contributed by atoms with E-state index in [0.29, 0.717) is 18.0 Å². The minimum atomic E-state index is -0.831. The van der Waals surface area contributed by atoms with Crippen molar-refractivity contribution in [2.75, 3.05) is 14.2 Å². The third-order valence-corrected chi connectivity index (χ3v) is 3.47. The Morgan fingerprint density at radius 3 is 2.32 bits per heavy atom. The van der Waals surface area contributed by atoms with Crippen molar-refractivity contribution in [1.82, 2.24) is 9.55 Å². The summed E-state index contributed by atoms with van der Waals surface area (Å²) in [4.78, 5) is 15.6. The Balaban J connectivity index is 2.67. The first-order valence-corrected chi connectivity index (χ1v) is 7.12. The number of carboxylic acids is 1. The maximum atomic E-state index is 10.9. The van der Waals surface area contributed by atoms with Gasteiger partial charge < -0.3 is 19.1 Å². The summed E-state index contributed by atoms with van der Waals surface area (Å²) in [5.41, 5.74) is 1.43. The maximum absolute atomic E-state index is 10.9. The first-order chi connectivity index (χ1) is 10.3. The van der Waals surface area contributed by atoms with Crippen LogP contribution in [0.25, 0.3) is 11.0 Å². The highest BCUT2D eigenvalue weighted by Crippen LogP contribution is 2.34. The zero-order valence-electron chi connectivity index (χ0n) is 13.6. The van der Waals surface area contributed by atoms with Crippen LogP contribution in [0.2, 0.25) is 0 Å². The van der Waals surface area contributed by atoms with Gasteiger partial charge in [-0.1, -0.05) is 20.8 Å². The lowest BCUT2D eigenvalue weighted by Gasteiger charge is -2.19. The highest BCUT2D eigenvalue weighted by molar-refractivity contribution is 5.81. The van der Waals surface area contributed by atoms with Gasteiger partial charge in [-0.15, -0.1) is 0 Å². The van der Waals surface area contributed by atoms with E-state index >= 15 is 0 Å². The number of nitrogens with zero attached hydrogens (tertiary/aromatic N) is 2. The number of methoxy groups -OCH3 is 2. The lowest BCUT2D eigenvalue weighted by molar-refractivity contribution is -0.137. The molecule has 0 aliphatic carbocycles. The number of ether oxygens (including phenoxy) is 2. The summed E-state index contributed by atoms with van der Waals surface area (Å²) < 4.78 is 12.6. The molecule has 0 bridgehead atoms. The zero-order chi connectivity index (χ0) is 16.5. The first kappa shape index (κ1) is 16.1. The molecule has 22 heavy (non-hydrogen) atoms. The Bertz CT molecular complexity index is 698. The lowest BCUT2D eigenvalue weighted by atomic mass is 9.95. The van der Waals surface area contributed by atoms with Crippen LogP contribution in [-0.4, -0.2) is 34.8 Å². The van der Waals surface area contributed by atoms with Crippen LogP contribution in [0.15, 0.2) is 12.1 Å². The molecule has 0 spiro atoms. The van der Waals surface area contributed by atoms with Crippen LogP contribution in [-0.2, 0) is 16.8 Å². The van der Waals surface area contributed by atoms with Gasteiger partial charge in [0.1, 0.15) is 5.82 Å². The van der Waals surface area contributed by atoms with Gasteiger partial charge in [0.05, 0.1) is 31.7 Å². The van der Waals surface area contributed by atoms with Gasteiger partial charge in [0.2, 0.25) is 0 Å². The number of hydrogen-bond donors (Lipinski definition) is 1. The van der Waals surface area contributed by atoms with E-state index in [1.54, 1.807) is 14.2 Å². The predicted molar refractivity (Wildman–Crippen MR) is 83.8 cm³/mol. The van der Waals surface area contributed by atoms with Crippen LogP contribution in [0.4, 0.5) is 0 Å². The molecule has 1 heterocycles. The van der Waals surface area contributed by atoms with Crippen LogP contribution in [0.3, 0.4) is 0 Å². The molecular formula is C16H22N2O4. The summed E-state index contributed by atoms with van der Waals surface area (Å²) >= 11 is 0. The van der Waals surface area contributed by atoms with Crippen molar-refractivity contribution in [2.24, 2.45) is 0 Å². The molecule has 120 valence electrons. The van der Waals surface area contributed by atoms with E-state index < -0.39 is 5.97 Å². The molecule has 0 aliphatic rings. The minimum Gasteiger partial charge on any atom is -0.493 e.